The molecule has 31 heavy (non-hydrogen) atoms. The van der Waals surface area contributed by atoms with Crippen molar-refractivity contribution in [3.05, 3.63) is 48.6 Å². The molecule has 0 aromatic heterocycles. The second-order valence-electron chi connectivity index (χ2n) is 8.36. The summed E-state index contributed by atoms with van der Waals surface area (Å²) in [5.41, 5.74) is 2.18. The molecule has 1 aliphatic rings. The van der Waals surface area contributed by atoms with Gasteiger partial charge in [0.15, 0.2) is 0 Å². The molecule has 1 fully saturated rings. The third-order valence-corrected chi connectivity index (χ3v) is 5.90. The van der Waals surface area contributed by atoms with Crippen LogP contribution in [0, 0.1) is 5.41 Å². The first kappa shape index (κ1) is 27.1. The van der Waals surface area contributed by atoms with Crippen molar-refractivity contribution in [3.63, 3.8) is 0 Å². The number of likely N-dealkylation sites (tertiary alicyclic amines) is 1. The summed E-state index contributed by atoms with van der Waals surface area (Å²) in [5.74, 6) is 0.330. The molecule has 1 aliphatic heterocycles. The predicted octanol–water partition coefficient (Wildman–Crippen LogP) is 6.11. The van der Waals surface area contributed by atoms with Gasteiger partial charge < -0.3 is 10.3 Å². The molecule has 0 bridgehead atoms. The van der Waals surface area contributed by atoms with Crippen molar-refractivity contribution >= 4 is 11.6 Å². The molecule has 1 atom stereocenters. The van der Waals surface area contributed by atoms with Crippen LogP contribution in [0.2, 0.25) is 0 Å². The zero-order valence-corrected chi connectivity index (χ0v) is 20.2. The van der Waals surface area contributed by atoms with Crippen LogP contribution in [-0.2, 0) is 11.2 Å². The number of allylic oxidation sites excluding steroid dienone is 1. The van der Waals surface area contributed by atoms with Crippen molar-refractivity contribution in [1.29, 1.82) is 5.41 Å². The van der Waals surface area contributed by atoms with Gasteiger partial charge in [-0.1, -0.05) is 57.2 Å². The van der Waals surface area contributed by atoms with Crippen molar-refractivity contribution in [1.82, 2.24) is 9.80 Å². The Bertz CT molecular complexity index is 623. The van der Waals surface area contributed by atoms with Crippen molar-refractivity contribution in [2.75, 3.05) is 26.2 Å². The average Bonchev–Trinajstić information content (AvgIpc) is 3.33. The Balaban J connectivity index is 0.000000500. The number of carbonyl (C=O) groups is 1. The molecule has 1 heterocycles. The summed E-state index contributed by atoms with van der Waals surface area (Å²) in [6.07, 6.45) is 10.7. The van der Waals surface area contributed by atoms with Crippen LogP contribution >= 0.6 is 0 Å². The lowest BCUT2D eigenvalue weighted by molar-refractivity contribution is -0.130. The van der Waals surface area contributed by atoms with E-state index in [0.717, 1.165) is 64.0 Å². The Labute approximate surface area is 191 Å². The lowest BCUT2D eigenvalue weighted by Crippen LogP contribution is -2.41. The minimum Gasteiger partial charge on any atom is -0.343 e. The maximum atomic E-state index is 12.1. The molecule has 0 radical (unpaired) electrons. The Kier molecular flexibility index (Phi) is 14.6. The number of unbranched alkanes of at least 4 members (excludes halogenated alkanes) is 1. The van der Waals surface area contributed by atoms with E-state index in [9.17, 15) is 4.79 Å². The van der Waals surface area contributed by atoms with Gasteiger partial charge in [-0.05, 0) is 63.6 Å². The molecule has 1 saturated heterocycles. The molecule has 1 unspecified atom stereocenters. The SMILES string of the molecule is C=CCC(=N)C(CC)N(CCC)CCCCC(=O)N1CCCC1.CCc1ccccc1. The first-order valence-electron chi connectivity index (χ1n) is 12.3. The van der Waals surface area contributed by atoms with E-state index in [4.69, 9.17) is 5.41 Å². The van der Waals surface area contributed by atoms with Crippen molar-refractivity contribution in [3.8, 4) is 0 Å². The first-order chi connectivity index (χ1) is 15.1. The maximum Gasteiger partial charge on any atom is 0.222 e. The van der Waals surface area contributed by atoms with E-state index in [1.165, 1.54) is 18.4 Å². The Morgan fingerprint density at radius 1 is 1.13 bits per heavy atom. The number of nitrogens with one attached hydrogen (secondary N) is 1. The topological polar surface area (TPSA) is 47.4 Å². The molecule has 1 aromatic rings. The van der Waals surface area contributed by atoms with Gasteiger partial charge in [-0.25, -0.2) is 0 Å². The van der Waals surface area contributed by atoms with Crippen molar-refractivity contribution < 1.29 is 4.79 Å². The highest BCUT2D eigenvalue weighted by Gasteiger charge is 2.20. The monoisotopic (exact) mass is 427 g/mol. The van der Waals surface area contributed by atoms with Crippen LogP contribution in [0.1, 0.15) is 77.7 Å². The molecular formula is C27H45N3O. The Morgan fingerprint density at radius 3 is 2.32 bits per heavy atom. The Hall–Kier alpha value is -1.94. The van der Waals surface area contributed by atoms with Crippen molar-refractivity contribution in [2.45, 2.75) is 84.6 Å². The number of hydrogen-bond donors (Lipinski definition) is 1. The molecule has 1 amide bonds. The van der Waals surface area contributed by atoms with Gasteiger partial charge in [-0.3, -0.25) is 9.69 Å². The summed E-state index contributed by atoms with van der Waals surface area (Å²) >= 11 is 0. The van der Waals surface area contributed by atoms with Crippen LogP contribution in [-0.4, -0.2) is 53.6 Å². The quantitative estimate of drug-likeness (QED) is 0.234. The van der Waals surface area contributed by atoms with Gasteiger partial charge in [0.1, 0.15) is 0 Å². The number of amides is 1. The summed E-state index contributed by atoms with van der Waals surface area (Å²) < 4.78 is 0. The summed E-state index contributed by atoms with van der Waals surface area (Å²) in [7, 11) is 0. The number of aryl methyl sites for hydroxylation is 1. The van der Waals surface area contributed by atoms with Crippen LogP contribution in [0.15, 0.2) is 43.0 Å². The average molecular weight is 428 g/mol. The zero-order chi connectivity index (χ0) is 22.9. The fourth-order valence-corrected chi connectivity index (χ4v) is 4.16. The van der Waals surface area contributed by atoms with Gasteiger partial charge in [0.05, 0.1) is 0 Å². The third kappa shape index (κ3) is 10.8. The highest BCUT2D eigenvalue weighted by Crippen LogP contribution is 2.14. The summed E-state index contributed by atoms with van der Waals surface area (Å²) in [4.78, 5) is 16.5. The van der Waals surface area contributed by atoms with Gasteiger partial charge in [0, 0.05) is 37.7 Å². The van der Waals surface area contributed by atoms with Crippen LogP contribution in [0.4, 0.5) is 0 Å². The molecule has 1 aromatic carbocycles. The van der Waals surface area contributed by atoms with Crippen LogP contribution in [0.3, 0.4) is 0 Å². The van der Waals surface area contributed by atoms with Gasteiger partial charge in [-0.15, -0.1) is 6.58 Å². The first-order valence-corrected chi connectivity index (χ1v) is 12.3. The molecule has 4 heteroatoms. The summed E-state index contributed by atoms with van der Waals surface area (Å²) in [5, 5.41) is 8.24. The molecule has 0 saturated carbocycles. The fraction of sp³-hybridized carbons (Fsp3) is 0.630. The molecular weight excluding hydrogens is 382 g/mol. The lowest BCUT2D eigenvalue weighted by Gasteiger charge is -2.31. The third-order valence-electron chi connectivity index (χ3n) is 5.90. The van der Waals surface area contributed by atoms with E-state index in [2.05, 4.69) is 56.5 Å². The van der Waals surface area contributed by atoms with Gasteiger partial charge >= 0.3 is 0 Å². The van der Waals surface area contributed by atoms with Gasteiger partial charge in [-0.2, -0.15) is 0 Å². The number of rotatable bonds is 13. The van der Waals surface area contributed by atoms with E-state index in [1.54, 1.807) is 0 Å². The summed E-state index contributed by atoms with van der Waals surface area (Å²) in [6, 6.07) is 10.7. The number of benzene rings is 1. The molecule has 1 N–H and O–H groups in total. The minimum atomic E-state index is 0.224. The fourth-order valence-electron chi connectivity index (χ4n) is 4.16. The minimum absolute atomic E-state index is 0.224. The van der Waals surface area contributed by atoms with E-state index < -0.39 is 0 Å². The lowest BCUT2D eigenvalue weighted by atomic mass is 10.0. The zero-order valence-electron chi connectivity index (χ0n) is 20.2. The van der Waals surface area contributed by atoms with Crippen molar-refractivity contribution in [2.24, 2.45) is 0 Å². The molecule has 0 spiro atoms. The van der Waals surface area contributed by atoms with Gasteiger partial charge in [0.2, 0.25) is 5.91 Å². The maximum absolute atomic E-state index is 12.1. The standard InChI is InChI=1S/C19H35N3O.C8H10/c1-4-11-17(20)18(6-3)21(13-5-2)14-8-7-12-19(23)22-15-9-10-16-22;1-2-8-6-4-3-5-7-8/h4,18,20H,1,5-16H2,2-3H3;3-7H,2H2,1H3. The highest BCUT2D eigenvalue weighted by atomic mass is 16.2. The molecule has 4 nitrogen and oxygen atoms in total. The molecule has 2 rings (SSSR count). The van der Waals surface area contributed by atoms with Crippen LogP contribution in [0.5, 0.6) is 0 Å². The largest absolute Gasteiger partial charge is 0.343 e. The number of hydrogen-bond acceptors (Lipinski definition) is 3. The highest BCUT2D eigenvalue weighted by molar-refractivity contribution is 5.87. The predicted molar refractivity (Wildman–Crippen MR) is 134 cm³/mol. The Morgan fingerprint density at radius 2 is 1.81 bits per heavy atom. The van der Waals surface area contributed by atoms with E-state index in [-0.39, 0.29) is 6.04 Å². The van der Waals surface area contributed by atoms with E-state index in [1.807, 2.05) is 17.0 Å². The summed E-state index contributed by atoms with van der Waals surface area (Å²) in [6.45, 7) is 14.2. The second-order valence-corrected chi connectivity index (χ2v) is 8.36. The number of nitrogens with zero attached hydrogens (tertiary/aromatic N) is 2. The van der Waals surface area contributed by atoms with E-state index in [0.29, 0.717) is 18.7 Å². The second kappa shape index (κ2) is 16.7. The molecule has 174 valence electrons. The number of carbonyl (C=O) groups excluding carboxylic acids is 1. The van der Waals surface area contributed by atoms with E-state index >= 15 is 0 Å². The molecule has 0 aliphatic carbocycles. The normalized spacial score (nSPS) is 14.1. The smallest absolute Gasteiger partial charge is 0.222 e. The van der Waals surface area contributed by atoms with Crippen LogP contribution in [0.25, 0.3) is 0 Å². The van der Waals surface area contributed by atoms with Crippen LogP contribution < -0.4 is 0 Å². The van der Waals surface area contributed by atoms with Gasteiger partial charge in [0.25, 0.3) is 0 Å².